The molecule has 0 saturated heterocycles. The van der Waals surface area contributed by atoms with E-state index in [2.05, 4.69) is 9.46 Å². The van der Waals surface area contributed by atoms with Gasteiger partial charge in [0.2, 0.25) is 0 Å². The van der Waals surface area contributed by atoms with Crippen LogP contribution in [0, 0.1) is 0 Å². The molecule has 0 aliphatic carbocycles. The molecule has 28 heavy (non-hydrogen) atoms. The first-order valence-corrected chi connectivity index (χ1v) is 10.7. The van der Waals surface area contributed by atoms with Crippen LogP contribution in [0.5, 0.6) is 5.75 Å². The molecule has 0 aliphatic rings. The summed E-state index contributed by atoms with van der Waals surface area (Å²) < 4.78 is 38.1. The zero-order chi connectivity index (χ0) is 20.1. The lowest BCUT2D eigenvalue weighted by molar-refractivity contribution is 0.0602. The number of methoxy groups -OCH3 is 2. The Labute approximate surface area is 167 Å². The smallest absolute Gasteiger partial charge is 0.349 e. The number of hydrogen-bond donors (Lipinski definition) is 1. The van der Waals surface area contributed by atoms with Gasteiger partial charge in [-0.05, 0) is 41.1 Å². The zero-order valence-electron chi connectivity index (χ0n) is 15.3. The Hall–Kier alpha value is -2.84. The average Bonchev–Trinajstić information content (AvgIpc) is 3.20. The number of benzene rings is 2. The van der Waals surface area contributed by atoms with Crippen LogP contribution in [0.1, 0.15) is 20.8 Å². The summed E-state index contributed by atoms with van der Waals surface area (Å²) in [6.07, 6.45) is 0.696. The number of hydrogen-bond acceptors (Lipinski definition) is 6. The van der Waals surface area contributed by atoms with Crippen LogP contribution >= 0.6 is 11.3 Å². The summed E-state index contributed by atoms with van der Waals surface area (Å²) in [5.41, 5.74) is 2.41. The lowest BCUT2D eigenvalue weighted by Gasteiger charge is -2.13. The van der Waals surface area contributed by atoms with Crippen molar-refractivity contribution in [1.29, 1.82) is 0 Å². The lowest BCUT2D eigenvalue weighted by Crippen LogP contribution is -2.16. The van der Waals surface area contributed by atoms with Crippen LogP contribution in [0.4, 0.5) is 5.69 Å². The Morgan fingerprint density at radius 3 is 2.46 bits per heavy atom. The predicted molar refractivity (Wildman–Crippen MR) is 109 cm³/mol. The number of nitrogens with one attached hydrogen (secondary N) is 1. The Bertz CT molecular complexity index is 1070. The fourth-order valence-corrected chi connectivity index (χ4v) is 5.12. The number of esters is 1. The van der Waals surface area contributed by atoms with Gasteiger partial charge >= 0.3 is 5.97 Å². The Kier molecular flexibility index (Phi) is 6.01. The SMILES string of the molecule is COC(=O)c1sccc1S(=O)(=O)Nc1ccc(Cc2ccccc2)cc1OC. The molecule has 0 amide bonds. The van der Waals surface area contributed by atoms with E-state index in [0.717, 1.165) is 22.5 Å². The normalized spacial score (nSPS) is 11.1. The van der Waals surface area contributed by atoms with Gasteiger partial charge in [-0.3, -0.25) is 4.72 Å². The van der Waals surface area contributed by atoms with E-state index in [1.807, 2.05) is 36.4 Å². The molecule has 0 fully saturated rings. The van der Waals surface area contributed by atoms with Crippen LogP contribution in [0.2, 0.25) is 0 Å². The van der Waals surface area contributed by atoms with E-state index in [0.29, 0.717) is 17.9 Å². The molecule has 6 nitrogen and oxygen atoms in total. The van der Waals surface area contributed by atoms with E-state index in [1.165, 1.54) is 25.7 Å². The Morgan fingerprint density at radius 1 is 1.04 bits per heavy atom. The van der Waals surface area contributed by atoms with Crippen molar-refractivity contribution in [1.82, 2.24) is 0 Å². The highest BCUT2D eigenvalue weighted by molar-refractivity contribution is 7.93. The molecular formula is C20H19NO5S2. The molecule has 0 aliphatic heterocycles. The molecule has 0 atom stereocenters. The molecule has 0 bridgehead atoms. The van der Waals surface area contributed by atoms with Crippen molar-refractivity contribution in [2.75, 3.05) is 18.9 Å². The van der Waals surface area contributed by atoms with Gasteiger partial charge in [0.25, 0.3) is 10.0 Å². The standard InChI is InChI=1S/C20H19NO5S2/c1-25-17-13-15(12-14-6-4-3-5-7-14)8-9-16(17)21-28(23,24)18-10-11-27-19(18)20(22)26-2/h3-11,13,21H,12H2,1-2H3. The number of anilines is 1. The first kappa shape index (κ1) is 19.9. The quantitative estimate of drug-likeness (QED) is 0.589. The molecule has 0 saturated carbocycles. The zero-order valence-corrected chi connectivity index (χ0v) is 17.0. The van der Waals surface area contributed by atoms with Crippen LogP contribution < -0.4 is 9.46 Å². The van der Waals surface area contributed by atoms with Gasteiger partial charge in [0.05, 0.1) is 19.9 Å². The second kappa shape index (κ2) is 8.45. The van der Waals surface area contributed by atoms with Crippen LogP contribution in [0.15, 0.2) is 64.9 Å². The largest absolute Gasteiger partial charge is 0.495 e. The van der Waals surface area contributed by atoms with Crippen LogP contribution in [0.3, 0.4) is 0 Å². The summed E-state index contributed by atoms with van der Waals surface area (Å²) >= 11 is 1.01. The van der Waals surface area contributed by atoms with Gasteiger partial charge in [-0.1, -0.05) is 36.4 Å². The van der Waals surface area contributed by atoms with Crippen molar-refractivity contribution in [3.63, 3.8) is 0 Å². The minimum atomic E-state index is -3.98. The molecule has 2 aromatic carbocycles. The molecule has 8 heteroatoms. The average molecular weight is 418 g/mol. The number of sulfonamides is 1. The molecule has 3 aromatic rings. The summed E-state index contributed by atoms with van der Waals surface area (Å²) in [5, 5.41) is 1.53. The topological polar surface area (TPSA) is 81.7 Å². The van der Waals surface area contributed by atoms with Gasteiger partial charge < -0.3 is 9.47 Å². The lowest BCUT2D eigenvalue weighted by atomic mass is 10.0. The molecule has 146 valence electrons. The van der Waals surface area contributed by atoms with E-state index in [1.54, 1.807) is 12.1 Å². The van der Waals surface area contributed by atoms with Crippen LogP contribution in [0.25, 0.3) is 0 Å². The van der Waals surface area contributed by atoms with Crippen molar-refractivity contribution >= 4 is 33.0 Å². The highest BCUT2D eigenvalue weighted by Crippen LogP contribution is 2.31. The van der Waals surface area contributed by atoms with Crippen molar-refractivity contribution in [2.24, 2.45) is 0 Å². The van der Waals surface area contributed by atoms with Gasteiger partial charge in [-0.25, -0.2) is 13.2 Å². The van der Waals surface area contributed by atoms with Gasteiger partial charge in [-0.2, -0.15) is 0 Å². The molecule has 0 spiro atoms. The summed E-state index contributed by atoms with van der Waals surface area (Å²) in [4.78, 5) is 11.7. The third-order valence-corrected chi connectivity index (χ3v) is 6.48. The minimum Gasteiger partial charge on any atom is -0.495 e. The van der Waals surface area contributed by atoms with Crippen LogP contribution in [-0.2, 0) is 21.2 Å². The van der Waals surface area contributed by atoms with E-state index < -0.39 is 16.0 Å². The molecule has 0 unspecified atom stereocenters. The van der Waals surface area contributed by atoms with Gasteiger partial charge in [0.1, 0.15) is 15.5 Å². The third kappa shape index (κ3) is 4.35. The highest BCUT2D eigenvalue weighted by atomic mass is 32.2. The number of carbonyl (C=O) groups is 1. The first-order valence-electron chi connectivity index (χ1n) is 8.34. The van der Waals surface area contributed by atoms with Crippen LogP contribution in [-0.4, -0.2) is 28.6 Å². The van der Waals surface area contributed by atoms with Crippen molar-refractivity contribution in [2.45, 2.75) is 11.3 Å². The highest BCUT2D eigenvalue weighted by Gasteiger charge is 2.25. The summed E-state index contributed by atoms with van der Waals surface area (Å²) in [5.74, 6) is -0.299. The monoisotopic (exact) mass is 417 g/mol. The first-order chi connectivity index (χ1) is 13.4. The number of thiophene rings is 1. The van der Waals surface area contributed by atoms with E-state index in [9.17, 15) is 13.2 Å². The number of ether oxygens (including phenoxy) is 2. The fraction of sp³-hybridized carbons (Fsp3) is 0.150. The van der Waals surface area contributed by atoms with Crippen molar-refractivity contribution in [3.8, 4) is 5.75 Å². The van der Waals surface area contributed by atoms with E-state index >= 15 is 0 Å². The van der Waals surface area contributed by atoms with E-state index in [4.69, 9.17) is 4.74 Å². The number of carbonyl (C=O) groups excluding carboxylic acids is 1. The maximum atomic E-state index is 12.8. The summed E-state index contributed by atoms with van der Waals surface area (Å²) in [7, 11) is -1.30. The van der Waals surface area contributed by atoms with Crippen molar-refractivity contribution in [3.05, 3.63) is 76.0 Å². The predicted octanol–water partition coefficient (Wildman–Crippen LogP) is 3.93. The molecule has 1 aromatic heterocycles. The van der Waals surface area contributed by atoms with Gasteiger partial charge in [-0.15, -0.1) is 11.3 Å². The van der Waals surface area contributed by atoms with E-state index in [-0.39, 0.29) is 9.77 Å². The minimum absolute atomic E-state index is 0.0228. The second-order valence-electron chi connectivity index (χ2n) is 5.91. The molecular weight excluding hydrogens is 398 g/mol. The number of rotatable bonds is 7. The van der Waals surface area contributed by atoms with Crippen molar-refractivity contribution < 1.29 is 22.7 Å². The Morgan fingerprint density at radius 2 is 1.79 bits per heavy atom. The molecule has 3 rings (SSSR count). The fourth-order valence-electron chi connectivity index (χ4n) is 2.71. The molecule has 0 radical (unpaired) electrons. The van der Waals surface area contributed by atoms with Gasteiger partial charge in [0.15, 0.2) is 0 Å². The maximum absolute atomic E-state index is 12.8. The molecule has 1 heterocycles. The third-order valence-electron chi connectivity index (χ3n) is 4.05. The Balaban J connectivity index is 1.87. The summed E-state index contributed by atoms with van der Waals surface area (Å²) in [6, 6.07) is 16.6. The molecule has 1 N–H and O–H groups in total. The summed E-state index contributed by atoms with van der Waals surface area (Å²) in [6.45, 7) is 0. The van der Waals surface area contributed by atoms with Gasteiger partial charge in [0, 0.05) is 0 Å². The second-order valence-corrected chi connectivity index (χ2v) is 8.48. The maximum Gasteiger partial charge on any atom is 0.349 e.